The van der Waals surface area contributed by atoms with Gasteiger partial charge in [0.25, 0.3) is 0 Å². The van der Waals surface area contributed by atoms with Crippen LogP contribution >= 0.6 is 0 Å². The maximum Gasteiger partial charge on any atom is 0.0184 e. The van der Waals surface area contributed by atoms with Crippen LogP contribution in [0.2, 0.25) is 0 Å². The molecule has 0 heterocycles. The van der Waals surface area contributed by atoms with Crippen molar-refractivity contribution in [3.63, 3.8) is 0 Å². The molecule has 1 heteroatoms. The summed E-state index contributed by atoms with van der Waals surface area (Å²) in [6, 6.07) is 15.6. The van der Waals surface area contributed by atoms with Crippen molar-refractivity contribution >= 4 is 5.57 Å². The van der Waals surface area contributed by atoms with Gasteiger partial charge in [0.1, 0.15) is 0 Å². The monoisotopic (exact) mass is 375 g/mol. The highest BCUT2D eigenvalue weighted by Gasteiger charge is 2.03. The lowest BCUT2D eigenvalue weighted by atomic mass is 9.97. The zero-order chi connectivity index (χ0) is 20.4. The largest absolute Gasteiger partial charge is 0.388 e. The lowest BCUT2D eigenvalue weighted by molar-refractivity contribution is 0.716. The van der Waals surface area contributed by atoms with Gasteiger partial charge in [-0.25, -0.2) is 0 Å². The van der Waals surface area contributed by atoms with Crippen molar-refractivity contribution in [3.8, 4) is 0 Å². The predicted molar refractivity (Wildman–Crippen MR) is 125 cm³/mol. The number of nitrogens with one attached hydrogen (secondary N) is 1. The first kappa shape index (κ1) is 22.0. The van der Waals surface area contributed by atoms with Gasteiger partial charge in [0.15, 0.2) is 0 Å². The fraction of sp³-hybridized carbons (Fsp3) is 0.407. The van der Waals surface area contributed by atoms with E-state index in [1.807, 2.05) is 0 Å². The van der Waals surface area contributed by atoms with Gasteiger partial charge in [0.05, 0.1) is 0 Å². The zero-order valence-electron chi connectivity index (χ0n) is 18.1. The molecule has 0 aromatic heterocycles. The summed E-state index contributed by atoms with van der Waals surface area (Å²) in [7, 11) is 0. The van der Waals surface area contributed by atoms with Crippen LogP contribution in [0.3, 0.4) is 0 Å². The fourth-order valence-corrected chi connectivity index (χ4v) is 3.60. The molecule has 0 unspecified atom stereocenters. The number of hydrogen-bond donors (Lipinski definition) is 1. The fourth-order valence-electron chi connectivity index (χ4n) is 3.60. The molecule has 0 radical (unpaired) electrons. The summed E-state index contributed by atoms with van der Waals surface area (Å²) in [5, 5.41) is 3.51. The molecule has 0 fully saturated rings. The number of rotatable bonds is 12. The Hall–Kier alpha value is -2.28. The Morgan fingerprint density at radius 1 is 0.893 bits per heavy atom. The Bertz CT molecular complexity index is 767. The second kappa shape index (κ2) is 11.5. The lowest BCUT2D eigenvalue weighted by Gasteiger charge is -2.13. The van der Waals surface area contributed by atoms with Crippen LogP contribution in [0.1, 0.15) is 67.3 Å². The van der Waals surface area contributed by atoms with E-state index in [0.29, 0.717) is 0 Å². The number of benzene rings is 2. The third-order valence-corrected chi connectivity index (χ3v) is 5.38. The second-order valence-electron chi connectivity index (χ2n) is 7.81. The molecule has 0 spiro atoms. The number of allylic oxidation sites excluding steroid dienone is 2. The number of hydrogen-bond acceptors (Lipinski definition) is 1. The van der Waals surface area contributed by atoms with E-state index in [-0.39, 0.29) is 0 Å². The quantitative estimate of drug-likeness (QED) is 0.419. The van der Waals surface area contributed by atoms with Gasteiger partial charge in [0.2, 0.25) is 0 Å². The third kappa shape index (κ3) is 7.03. The average Bonchev–Trinajstić information content (AvgIpc) is 2.69. The maximum absolute atomic E-state index is 4.24. The highest BCUT2D eigenvalue weighted by Crippen LogP contribution is 2.20. The Morgan fingerprint density at radius 2 is 1.64 bits per heavy atom. The summed E-state index contributed by atoms with van der Waals surface area (Å²) in [5.41, 5.74) is 9.34. The molecular formula is C27H37N. The topological polar surface area (TPSA) is 12.0 Å². The minimum absolute atomic E-state index is 0.953. The number of aryl methyl sites for hydroxylation is 3. The van der Waals surface area contributed by atoms with E-state index < -0.39 is 0 Å². The lowest BCUT2D eigenvalue weighted by Crippen LogP contribution is -2.16. The van der Waals surface area contributed by atoms with E-state index in [9.17, 15) is 0 Å². The molecule has 0 aliphatic heterocycles. The minimum Gasteiger partial charge on any atom is -0.388 e. The third-order valence-electron chi connectivity index (χ3n) is 5.38. The molecule has 1 nitrogen and oxygen atoms in total. The van der Waals surface area contributed by atoms with E-state index in [0.717, 1.165) is 44.3 Å². The van der Waals surface area contributed by atoms with Crippen LogP contribution in [0.25, 0.3) is 5.57 Å². The molecular weight excluding hydrogens is 338 g/mol. The molecule has 0 aliphatic carbocycles. The molecule has 150 valence electrons. The van der Waals surface area contributed by atoms with E-state index >= 15 is 0 Å². The van der Waals surface area contributed by atoms with Crippen LogP contribution in [0, 0.1) is 6.92 Å². The van der Waals surface area contributed by atoms with Gasteiger partial charge in [-0.2, -0.15) is 0 Å². The van der Waals surface area contributed by atoms with E-state index in [1.165, 1.54) is 46.2 Å². The Kier molecular flexibility index (Phi) is 9.07. The van der Waals surface area contributed by atoms with Gasteiger partial charge < -0.3 is 5.32 Å². The van der Waals surface area contributed by atoms with Crippen LogP contribution in [0.4, 0.5) is 0 Å². The van der Waals surface area contributed by atoms with Crippen molar-refractivity contribution in [3.05, 3.63) is 89.1 Å². The van der Waals surface area contributed by atoms with Gasteiger partial charge in [0, 0.05) is 12.2 Å². The van der Waals surface area contributed by atoms with Gasteiger partial charge in [-0.3, -0.25) is 0 Å². The molecule has 0 atom stereocenters. The van der Waals surface area contributed by atoms with E-state index in [2.05, 4.69) is 81.7 Å². The summed E-state index contributed by atoms with van der Waals surface area (Å²) in [6.45, 7) is 16.0. The first-order chi connectivity index (χ1) is 13.5. The summed E-state index contributed by atoms with van der Waals surface area (Å²) < 4.78 is 0. The Balaban J connectivity index is 1.70. The highest BCUT2D eigenvalue weighted by atomic mass is 14.9. The Labute approximate surface area is 172 Å². The SMILES string of the molecule is C=C(CCCC(=C)c1ccc(C)cc1)NCCc1ccc(CC)c(CCC)c1. The molecule has 0 amide bonds. The van der Waals surface area contributed by atoms with Crippen LogP contribution < -0.4 is 5.32 Å². The summed E-state index contributed by atoms with van der Waals surface area (Å²) in [5.74, 6) is 0. The summed E-state index contributed by atoms with van der Waals surface area (Å²) in [6.07, 6.45) is 7.67. The van der Waals surface area contributed by atoms with Crippen LogP contribution in [0.15, 0.2) is 61.3 Å². The molecule has 2 rings (SSSR count). The minimum atomic E-state index is 0.953. The van der Waals surface area contributed by atoms with Gasteiger partial charge in [-0.05, 0) is 73.3 Å². The first-order valence-electron chi connectivity index (χ1n) is 10.8. The zero-order valence-corrected chi connectivity index (χ0v) is 18.1. The van der Waals surface area contributed by atoms with Gasteiger partial charge >= 0.3 is 0 Å². The molecule has 2 aromatic carbocycles. The molecule has 2 aromatic rings. The van der Waals surface area contributed by atoms with Crippen molar-refractivity contribution in [2.75, 3.05) is 6.54 Å². The molecule has 0 bridgehead atoms. The summed E-state index contributed by atoms with van der Waals surface area (Å²) >= 11 is 0. The molecule has 1 N–H and O–H groups in total. The Morgan fingerprint density at radius 3 is 2.32 bits per heavy atom. The average molecular weight is 376 g/mol. The molecule has 0 saturated heterocycles. The van der Waals surface area contributed by atoms with Gasteiger partial charge in [-0.1, -0.05) is 81.5 Å². The van der Waals surface area contributed by atoms with Crippen LogP contribution in [-0.2, 0) is 19.3 Å². The van der Waals surface area contributed by atoms with Gasteiger partial charge in [-0.15, -0.1) is 0 Å². The van der Waals surface area contributed by atoms with Crippen molar-refractivity contribution in [2.45, 2.75) is 65.7 Å². The van der Waals surface area contributed by atoms with Crippen molar-refractivity contribution in [1.82, 2.24) is 5.32 Å². The maximum atomic E-state index is 4.24. The highest BCUT2D eigenvalue weighted by molar-refractivity contribution is 5.63. The van der Waals surface area contributed by atoms with E-state index in [1.54, 1.807) is 0 Å². The molecule has 0 saturated carbocycles. The first-order valence-corrected chi connectivity index (χ1v) is 10.8. The predicted octanol–water partition coefficient (Wildman–Crippen LogP) is 7.04. The second-order valence-corrected chi connectivity index (χ2v) is 7.81. The normalized spacial score (nSPS) is 10.7. The smallest absolute Gasteiger partial charge is 0.0184 e. The standard InChI is InChI=1S/C27H37N/c1-6-9-27-20-24(14-17-25(27)7-2)18-19-28-23(5)11-8-10-22(4)26-15-12-21(3)13-16-26/h12-17,20,28H,4-11,18-19H2,1-3H3. The van der Waals surface area contributed by atoms with Crippen LogP contribution in [0.5, 0.6) is 0 Å². The summed E-state index contributed by atoms with van der Waals surface area (Å²) in [4.78, 5) is 0. The van der Waals surface area contributed by atoms with Crippen molar-refractivity contribution < 1.29 is 0 Å². The van der Waals surface area contributed by atoms with Crippen LogP contribution in [-0.4, -0.2) is 6.54 Å². The molecule has 0 aliphatic rings. The molecule has 28 heavy (non-hydrogen) atoms. The van der Waals surface area contributed by atoms with Crippen molar-refractivity contribution in [1.29, 1.82) is 0 Å². The van der Waals surface area contributed by atoms with Crippen molar-refractivity contribution in [2.24, 2.45) is 0 Å². The van der Waals surface area contributed by atoms with E-state index in [4.69, 9.17) is 0 Å².